The van der Waals surface area contributed by atoms with Crippen molar-refractivity contribution in [2.24, 2.45) is 0 Å². The molecule has 0 saturated heterocycles. The van der Waals surface area contributed by atoms with E-state index >= 15 is 0 Å². The van der Waals surface area contributed by atoms with Crippen molar-refractivity contribution in [3.8, 4) is 22.4 Å². The van der Waals surface area contributed by atoms with Crippen LogP contribution in [-0.2, 0) is 0 Å². The summed E-state index contributed by atoms with van der Waals surface area (Å²) in [6, 6.07) is 17.1. The second-order valence-corrected chi connectivity index (χ2v) is 8.29. The molecule has 1 fully saturated rings. The van der Waals surface area contributed by atoms with Crippen LogP contribution in [0.15, 0.2) is 67.1 Å². The Hall–Kier alpha value is -2.94. The Balaban J connectivity index is 1.60. The third-order valence-electron chi connectivity index (χ3n) is 6.22. The Morgan fingerprint density at radius 3 is 2.55 bits per heavy atom. The lowest BCUT2D eigenvalue weighted by molar-refractivity contribution is 0.574. The highest BCUT2D eigenvalue weighted by Crippen LogP contribution is 2.34. The van der Waals surface area contributed by atoms with Crippen molar-refractivity contribution in [1.82, 2.24) is 14.4 Å². The van der Waals surface area contributed by atoms with E-state index in [0.717, 1.165) is 16.9 Å². The fraction of sp³-hybridized carbons (Fsp3) is 0.308. The van der Waals surface area contributed by atoms with E-state index < -0.39 is 0 Å². The maximum Gasteiger partial charge on any atom is 0.136 e. The lowest BCUT2D eigenvalue weighted by Crippen LogP contribution is -2.02. The van der Waals surface area contributed by atoms with Gasteiger partial charge in [-0.15, -0.1) is 0 Å². The van der Waals surface area contributed by atoms with Crippen LogP contribution in [-0.4, -0.2) is 14.4 Å². The van der Waals surface area contributed by atoms with Gasteiger partial charge in [-0.25, -0.2) is 4.98 Å². The molecule has 146 valence electrons. The highest BCUT2D eigenvalue weighted by Gasteiger charge is 2.19. The van der Waals surface area contributed by atoms with Gasteiger partial charge in [-0.1, -0.05) is 55.5 Å². The molecule has 1 aliphatic carbocycles. The fourth-order valence-corrected chi connectivity index (χ4v) is 4.70. The van der Waals surface area contributed by atoms with E-state index in [-0.39, 0.29) is 0 Å². The summed E-state index contributed by atoms with van der Waals surface area (Å²) in [7, 11) is 0. The smallest absolute Gasteiger partial charge is 0.136 e. The average Bonchev–Trinajstić information content (AvgIpc) is 2.98. The van der Waals surface area contributed by atoms with Crippen LogP contribution in [0.1, 0.15) is 55.7 Å². The van der Waals surface area contributed by atoms with Gasteiger partial charge >= 0.3 is 0 Å². The molecule has 0 atom stereocenters. The van der Waals surface area contributed by atoms with E-state index in [1.807, 2.05) is 12.3 Å². The summed E-state index contributed by atoms with van der Waals surface area (Å²) in [5.41, 5.74) is 8.20. The molecule has 0 amide bonds. The second-order valence-electron chi connectivity index (χ2n) is 8.29. The molecule has 0 unspecified atom stereocenters. The Kier molecular flexibility index (Phi) is 4.89. The topological polar surface area (TPSA) is 30.2 Å². The number of rotatable bonds is 3. The number of pyridine rings is 2. The van der Waals surface area contributed by atoms with Gasteiger partial charge in [-0.05, 0) is 44.0 Å². The molecule has 1 aliphatic rings. The van der Waals surface area contributed by atoms with Crippen LogP contribution in [0.4, 0.5) is 0 Å². The summed E-state index contributed by atoms with van der Waals surface area (Å²) in [4.78, 5) is 9.43. The van der Waals surface area contributed by atoms with E-state index in [4.69, 9.17) is 9.97 Å². The van der Waals surface area contributed by atoms with Gasteiger partial charge in [0.2, 0.25) is 0 Å². The molecule has 0 spiro atoms. The summed E-state index contributed by atoms with van der Waals surface area (Å²) >= 11 is 0. The number of benzene rings is 1. The molecule has 1 saturated carbocycles. The largest absolute Gasteiger partial charge is 0.303 e. The van der Waals surface area contributed by atoms with Crippen LogP contribution in [0, 0.1) is 6.92 Å². The van der Waals surface area contributed by atoms with Gasteiger partial charge < -0.3 is 4.40 Å². The summed E-state index contributed by atoms with van der Waals surface area (Å²) in [5.74, 6) is 0.618. The van der Waals surface area contributed by atoms with Crippen LogP contribution in [0.25, 0.3) is 28.0 Å². The first kappa shape index (κ1) is 18.1. The van der Waals surface area contributed by atoms with E-state index in [1.165, 1.54) is 60.9 Å². The third-order valence-corrected chi connectivity index (χ3v) is 6.22. The molecule has 3 heteroatoms. The Bertz CT molecular complexity index is 1130. The van der Waals surface area contributed by atoms with Crippen molar-refractivity contribution < 1.29 is 0 Å². The van der Waals surface area contributed by atoms with E-state index in [9.17, 15) is 0 Å². The zero-order valence-corrected chi connectivity index (χ0v) is 17.0. The Morgan fingerprint density at radius 2 is 1.72 bits per heavy atom. The lowest BCUT2D eigenvalue weighted by atomic mass is 9.96. The molecule has 3 heterocycles. The van der Waals surface area contributed by atoms with Crippen LogP contribution in [0.5, 0.6) is 0 Å². The maximum absolute atomic E-state index is 4.73. The molecule has 0 aliphatic heterocycles. The van der Waals surface area contributed by atoms with Crippen molar-refractivity contribution in [2.75, 3.05) is 0 Å². The number of aromatic nitrogens is 3. The predicted molar refractivity (Wildman–Crippen MR) is 119 cm³/mol. The van der Waals surface area contributed by atoms with Crippen LogP contribution in [0.2, 0.25) is 0 Å². The number of nitrogens with zero attached hydrogens (tertiary/aromatic N) is 3. The van der Waals surface area contributed by atoms with Gasteiger partial charge in [-0.3, -0.25) is 4.98 Å². The molecule has 3 nitrogen and oxygen atoms in total. The summed E-state index contributed by atoms with van der Waals surface area (Å²) < 4.78 is 2.32. The molecule has 0 N–H and O–H groups in total. The lowest BCUT2D eigenvalue weighted by Gasteiger charge is -2.15. The van der Waals surface area contributed by atoms with Gasteiger partial charge in [0.15, 0.2) is 0 Å². The van der Waals surface area contributed by atoms with Gasteiger partial charge in [0, 0.05) is 46.9 Å². The van der Waals surface area contributed by atoms with Crippen LogP contribution >= 0.6 is 0 Å². The first-order valence-electron chi connectivity index (χ1n) is 10.8. The maximum atomic E-state index is 4.73. The molecular formula is C26H27N3. The van der Waals surface area contributed by atoms with Gasteiger partial charge in [-0.2, -0.15) is 0 Å². The van der Waals surface area contributed by atoms with E-state index in [2.05, 4.69) is 66.2 Å². The molecule has 4 aromatic rings. The minimum absolute atomic E-state index is 0.618. The minimum Gasteiger partial charge on any atom is -0.303 e. The highest BCUT2D eigenvalue weighted by molar-refractivity contribution is 5.81. The summed E-state index contributed by atoms with van der Waals surface area (Å²) in [6.45, 7) is 2.13. The van der Waals surface area contributed by atoms with Gasteiger partial charge in [0.05, 0.1) is 5.69 Å². The number of imidazole rings is 1. The fourth-order valence-electron chi connectivity index (χ4n) is 4.70. The van der Waals surface area contributed by atoms with Gasteiger partial charge in [0.1, 0.15) is 5.65 Å². The monoisotopic (exact) mass is 381 g/mol. The Labute approximate surface area is 172 Å². The number of hydrogen-bond donors (Lipinski definition) is 0. The molecular weight excluding hydrogens is 354 g/mol. The first-order chi connectivity index (χ1) is 14.3. The Morgan fingerprint density at radius 1 is 0.862 bits per heavy atom. The van der Waals surface area contributed by atoms with Crippen LogP contribution < -0.4 is 0 Å². The van der Waals surface area contributed by atoms with E-state index in [1.54, 1.807) is 0 Å². The molecule has 29 heavy (non-hydrogen) atoms. The minimum atomic E-state index is 0.618. The summed E-state index contributed by atoms with van der Waals surface area (Å²) in [5, 5.41) is 0. The summed E-state index contributed by atoms with van der Waals surface area (Å²) in [6.07, 6.45) is 14.2. The number of hydrogen-bond acceptors (Lipinski definition) is 2. The van der Waals surface area contributed by atoms with Crippen molar-refractivity contribution >= 4 is 5.65 Å². The normalized spacial score (nSPS) is 15.5. The van der Waals surface area contributed by atoms with E-state index in [0.29, 0.717) is 5.92 Å². The molecule has 3 aromatic heterocycles. The quantitative estimate of drug-likeness (QED) is 0.365. The van der Waals surface area contributed by atoms with Crippen molar-refractivity contribution in [2.45, 2.75) is 51.4 Å². The average molecular weight is 382 g/mol. The number of aryl methyl sites for hydroxylation is 1. The second kappa shape index (κ2) is 7.82. The third kappa shape index (κ3) is 3.57. The SMILES string of the molecule is Cc1cccc(-c2ncccc2-c2ccc3ncc(C4CCCCCC4)n3c2)c1. The number of fused-ring (bicyclic) bond motifs is 1. The van der Waals surface area contributed by atoms with Crippen LogP contribution in [0.3, 0.4) is 0 Å². The standard InChI is InChI=1S/C26H27N3/c1-19-8-6-11-21(16-19)26-23(12-7-15-27-26)22-13-14-25-28-17-24(29(25)18-22)20-9-4-2-3-5-10-20/h6-8,11-18,20H,2-5,9-10H2,1H3. The molecule has 1 aromatic carbocycles. The first-order valence-corrected chi connectivity index (χ1v) is 10.8. The molecule has 5 rings (SSSR count). The highest BCUT2D eigenvalue weighted by atomic mass is 15.0. The molecule has 0 radical (unpaired) electrons. The van der Waals surface area contributed by atoms with Gasteiger partial charge in [0.25, 0.3) is 0 Å². The van der Waals surface area contributed by atoms with Crippen molar-refractivity contribution in [1.29, 1.82) is 0 Å². The predicted octanol–water partition coefficient (Wildman–Crippen LogP) is 6.81. The molecule has 0 bridgehead atoms. The zero-order chi connectivity index (χ0) is 19.6. The zero-order valence-electron chi connectivity index (χ0n) is 17.0. The van der Waals surface area contributed by atoms with Crippen molar-refractivity contribution in [3.05, 3.63) is 78.4 Å². The van der Waals surface area contributed by atoms with Crippen molar-refractivity contribution in [3.63, 3.8) is 0 Å².